The van der Waals surface area contributed by atoms with Gasteiger partial charge in [-0.15, -0.1) is 69.8 Å². The second kappa shape index (κ2) is 23.6. The Kier molecular flexibility index (Phi) is 20.1. The molecular formula is C58H78IrN2O2Si2-2. The summed E-state index contributed by atoms with van der Waals surface area (Å²) in [5.74, 6) is 0.366. The van der Waals surface area contributed by atoms with Crippen molar-refractivity contribution in [2.24, 2.45) is 11.3 Å². The third-order valence-corrected chi connectivity index (χ3v) is 23.9. The average molecular weight is 1080 g/mol. The zero-order chi connectivity index (χ0) is 47.7. The molecule has 0 unspecified atom stereocenters. The minimum absolute atomic E-state index is 0. The quantitative estimate of drug-likeness (QED) is 0.0542. The molecule has 351 valence electrons. The number of hydrogen-bond acceptors (Lipinski definition) is 4. The van der Waals surface area contributed by atoms with Gasteiger partial charge in [0.25, 0.3) is 0 Å². The van der Waals surface area contributed by atoms with Gasteiger partial charge >= 0.3 is 0 Å². The van der Waals surface area contributed by atoms with Crippen molar-refractivity contribution in [1.82, 2.24) is 9.97 Å². The van der Waals surface area contributed by atoms with E-state index in [2.05, 4.69) is 176 Å². The van der Waals surface area contributed by atoms with Crippen molar-refractivity contribution >= 4 is 53.8 Å². The summed E-state index contributed by atoms with van der Waals surface area (Å²) in [6.45, 7) is 37.8. The Morgan fingerprint density at radius 2 is 1.03 bits per heavy atom. The summed E-state index contributed by atoms with van der Waals surface area (Å²) in [4.78, 5) is 21.2. The van der Waals surface area contributed by atoms with Gasteiger partial charge in [0.05, 0.1) is 16.1 Å². The molecule has 0 aliphatic heterocycles. The van der Waals surface area contributed by atoms with Gasteiger partial charge in [0.2, 0.25) is 0 Å². The van der Waals surface area contributed by atoms with Crippen LogP contribution >= 0.6 is 0 Å². The molecule has 0 amide bonds. The zero-order valence-electron chi connectivity index (χ0n) is 42.8. The van der Waals surface area contributed by atoms with Crippen LogP contribution in [0.15, 0.2) is 97.0 Å². The van der Waals surface area contributed by atoms with Crippen LogP contribution in [0.5, 0.6) is 0 Å². The number of aliphatic hydroxyl groups excluding tert-OH is 1. The van der Waals surface area contributed by atoms with Gasteiger partial charge < -0.3 is 15.1 Å². The SMILES string of the molecule is CCC(CC)C(=O)/C=C(\O)C(C)(CC)CC.Cc1[c-]c(-c2nccc3cc([Si](C)(C)C(C)C)ccc23)cc(C)c1.Cc1[c-]c(-c2nccc3cc([Si](C)(C)C(C)C)ccc23)cc(C)c1.[Ir]. The Morgan fingerprint density at radius 3 is 1.35 bits per heavy atom. The third-order valence-electron chi connectivity index (χ3n) is 14.6. The van der Waals surface area contributed by atoms with Gasteiger partial charge in [-0.05, 0) is 81.8 Å². The molecule has 65 heavy (non-hydrogen) atoms. The maximum absolute atomic E-state index is 11.9. The zero-order valence-corrected chi connectivity index (χ0v) is 47.2. The first-order valence-corrected chi connectivity index (χ1v) is 29.9. The fourth-order valence-corrected chi connectivity index (χ4v) is 11.4. The summed E-state index contributed by atoms with van der Waals surface area (Å²) in [7, 11) is -2.83. The summed E-state index contributed by atoms with van der Waals surface area (Å²) in [6, 6.07) is 33.8. The third kappa shape index (κ3) is 13.6. The number of carbonyl (C=O) groups is 1. The predicted octanol–water partition coefficient (Wildman–Crippen LogP) is 15.5. The molecule has 1 N–H and O–H groups in total. The van der Waals surface area contributed by atoms with E-state index in [0.29, 0.717) is 0 Å². The largest absolute Gasteiger partial charge is 0.512 e. The van der Waals surface area contributed by atoms with Gasteiger partial charge in [-0.1, -0.05) is 163 Å². The molecule has 0 fully saturated rings. The van der Waals surface area contributed by atoms with E-state index in [1.807, 2.05) is 47.0 Å². The molecule has 6 aromatic rings. The van der Waals surface area contributed by atoms with Crippen molar-refractivity contribution in [3.8, 4) is 22.5 Å². The van der Waals surface area contributed by atoms with Gasteiger partial charge in [0.1, 0.15) is 5.76 Å². The van der Waals surface area contributed by atoms with E-state index in [0.717, 1.165) is 70.4 Å². The summed E-state index contributed by atoms with van der Waals surface area (Å²) in [5.41, 5.74) is 10.3. The van der Waals surface area contributed by atoms with Gasteiger partial charge in [-0.25, -0.2) is 0 Å². The first-order valence-electron chi connectivity index (χ1n) is 23.8. The van der Waals surface area contributed by atoms with Crippen LogP contribution in [0.2, 0.25) is 37.3 Å². The van der Waals surface area contributed by atoms with E-state index in [1.165, 1.54) is 49.1 Å². The minimum atomic E-state index is -1.42. The smallest absolute Gasteiger partial charge is 0.162 e. The molecule has 2 aromatic heterocycles. The van der Waals surface area contributed by atoms with Crippen molar-refractivity contribution in [3.63, 3.8) is 0 Å². The number of benzene rings is 4. The molecule has 0 saturated carbocycles. The second-order valence-electron chi connectivity index (χ2n) is 20.2. The molecule has 0 aliphatic rings. The normalized spacial score (nSPS) is 12.2. The van der Waals surface area contributed by atoms with Crippen molar-refractivity contribution in [3.05, 3.63) is 131 Å². The number of hydrogen-bond donors (Lipinski definition) is 1. The van der Waals surface area contributed by atoms with Gasteiger partial charge in [0, 0.05) is 49.9 Å². The molecule has 6 rings (SSSR count). The maximum atomic E-state index is 11.9. The number of fused-ring (bicyclic) bond motifs is 2. The Bertz CT molecular complexity index is 2370. The molecule has 0 spiro atoms. The van der Waals surface area contributed by atoms with E-state index in [-0.39, 0.29) is 43.0 Å². The maximum Gasteiger partial charge on any atom is 0.162 e. The standard InChI is InChI=1S/2C22H26NSi.C14H26O2.Ir/c2*1-15(2)24(5,6)20-7-8-21-18(14-20)9-10-23-22(21)19-12-16(3)11-17(4)13-19;1-6-11(7-2)12(15)10-13(16)14(5,8-3)9-4;/h2*7-12,14-15H,1-6H3;10-11,16H,6-9H2,1-5H3;/q2*-1;;/b;;13-10-;. The van der Waals surface area contributed by atoms with Gasteiger partial charge in [-0.2, -0.15) is 0 Å². The van der Waals surface area contributed by atoms with Crippen LogP contribution in [0.25, 0.3) is 44.1 Å². The van der Waals surface area contributed by atoms with Gasteiger partial charge in [-0.3, -0.25) is 4.79 Å². The monoisotopic (exact) mass is 1080 g/mol. The molecule has 2 heterocycles. The first kappa shape index (κ1) is 55.3. The van der Waals surface area contributed by atoms with E-state index in [1.54, 1.807) is 0 Å². The fourth-order valence-electron chi connectivity index (χ4n) is 8.03. The van der Waals surface area contributed by atoms with Crippen LogP contribution in [-0.4, -0.2) is 37.0 Å². The fraction of sp³-hybridized carbons (Fsp3) is 0.431. The summed E-state index contributed by atoms with van der Waals surface area (Å²) < 4.78 is 0. The molecule has 0 bridgehead atoms. The Hall–Kier alpha value is -4.01. The van der Waals surface area contributed by atoms with Crippen molar-refractivity contribution in [2.75, 3.05) is 0 Å². The summed E-state index contributed by atoms with van der Waals surface area (Å²) in [6.07, 6.45) is 8.69. The number of aromatic nitrogens is 2. The molecule has 0 atom stereocenters. The summed E-state index contributed by atoms with van der Waals surface area (Å²) >= 11 is 0. The van der Waals surface area contributed by atoms with E-state index >= 15 is 0 Å². The van der Waals surface area contributed by atoms with Crippen LogP contribution in [0.3, 0.4) is 0 Å². The van der Waals surface area contributed by atoms with Crippen LogP contribution in [-0.2, 0) is 24.9 Å². The number of aliphatic hydroxyl groups is 1. The van der Waals surface area contributed by atoms with Crippen LogP contribution in [0, 0.1) is 51.2 Å². The molecule has 0 aliphatic carbocycles. The molecule has 0 saturated heterocycles. The topological polar surface area (TPSA) is 63.1 Å². The van der Waals surface area contributed by atoms with E-state index < -0.39 is 16.1 Å². The Balaban J connectivity index is 0.000000264. The number of ketones is 1. The second-order valence-corrected chi connectivity index (χ2v) is 30.5. The number of carbonyl (C=O) groups excluding carboxylic acids is 1. The predicted molar refractivity (Wildman–Crippen MR) is 284 cm³/mol. The number of nitrogens with zero attached hydrogens (tertiary/aromatic N) is 2. The van der Waals surface area contributed by atoms with E-state index in [9.17, 15) is 9.90 Å². The average Bonchev–Trinajstić information content (AvgIpc) is 3.25. The number of allylic oxidation sites excluding steroid dienone is 2. The van der Waals surface area contributed by atoms with Crippen LogP contribution in [0.4, 0.5) is 0 Å². The minimum Gasteiger partial charge on any atom is -0.512 e. The summed E-state index contributed by atoms with van der Waals surface area (Å²) in [5, 5.41) is 18.1. The molecule has 4 aromatic carbocycles. The van der Waals surface area contributed by atoms with Gasteiger partial charge in [0.15, 0.2) is 5.78 Å². The Labute approximate surface area is 409 Å². The first-order chi connectivity index (χ1) is 30.0. The number of pyridine rings is 2. The van der Waals surface area contributed by atoms with E-state index in [4.69, 9.17) is 0 Å². The molecular weight excluding hydrogens is 1010 g/mol. The molecule has 1 radical (unpaired) electrons. The van der Waals surface area contributed by atoms with Crippen molar-refractivity contribution < 1.29 is 30.0 Å². The van der Waals surface area contributed by atoms with Crippen molar-refractivity contribution in [2.45, 2.75) is 153 Å². The molecule has 4 nitrogen and oxygen atoms in total. The number of aryl methyl sites for hydroxylation is 4. The molecule has 7 heteroatoms. The van der Waals surface area contributed by atoms with Crippen molar-refractivity contribution in [1.29, 1.82) is 0 Å². The van der Waals surface area contributed by atoms with Crippen LogP contribution < -0.4 is 10.4 Å². The van der Waals surface area contributed by atoms with Crippen LogP contribution in [0.1, 0.15) is 110 Å². The Morgan fingerprint density at radius 1 is 0.646 bits per heavy atom. The number of rotatable bonds is 13.